The number of ether oxygens (including phenoxy) is 2. The SMILES string of the molecule is COc1ccc(S(=O)(=O)Nc2nc3c(s2)CC(C)CC3)c(OC)c1. The first-order valence-corrected chi connectivity index (χ1v) is 9.96. The van der Waals surface area contributed by atoms with E-state index in [1.165, 1.54) is 36.5 Å². The highest BCUT2D eigenvalue weighted by Crippen LogP contribution is 2.34. The van der Waals surface area contributed by atoms with E-state index in [0.717, 1.165) is 25.0 Å². The van der Waals surface area contributed by atoms with Crippen LogP contribution in [0.4, 0.5) is 5.13 Å². The van der Waals surface area contributed by atoms with E-state index in [-0.39, 0.29) is 10.6 Å². The van der Waals surface area contributed by atoms with Gasteiger partial charge in [-0.2, -0.15) is 0 Å². The van der Waals surface area contributed by atoms with Crippen molar-refractivity contribution < 1.29 is 17.9 Å². The molecule has 2 aromatic rings. The number of aryl methyl sites for hydroxylation is 1. The normalized spacial score (nSPS) is 17.2. The van der Waals surface area contributed by atoms with Crippen molar-refractivity contribution in [1.82, 2.24) is 4.98 Å². The molecular weight excluding hydrogens is 348 g/mol. The minimum Gasteiger partial charge on any atom is -0.497 e. The summed E-state index contributed by atoms with van der Waals surface area (Å²) in [5.41, 5.74) is 1.01. The third kappa shape index (κ3) is 3.34. The van der Waals surface area contributed by atoms with Gasteiger partial charge in [0.25, 0.3) is 10.0 Å². The van der Waals surface area contributed by atoms with Crippen LogP contribution in [0.5, 0.6) is 11.5 Å². The third-order valence-corrected chi connectivity index (χ3v) is 6.61. The van der Waals surface area contributed by atoms with Gasteiger partial charge in [-0.25, -0.2) is 13.4 Å². The van der Waals surface area contributed by atoms with E-state index >= 15 is 0 Å². The average molecular weight is 368 g/mol. The van der Waals surface area contributed by atoms with Crippen molar-refractivity contribution in [2.24, 2.45) is 5.92 Å². The number of anilines is 1. The number of thiazole rings is 1. The van der Waals surface area contributed by atoms with Crippen molar-refractivity contribution in [3.8, 4) is 11.5 Å². The molecule has 0 spiro atoms. The number of hydrogen-bond acceptors (Lipinski definition) is 6. The summed E-state index contributed by atoms with van der Waals surface area (Å²) < 4.78 is 38.3. The fraction of sp³-hybridized carbons (Fsp3) is 0.438. The zero-order valence-electron chi connectivity index (χ0n) is 13.8. The van der Waals surface area contributed by atoms with Crippen molar-refractivity contribution in [3.05, 3.63) is 28.8 Å². The zero-order valence-corrected chi connectivity index (χ0v) is 15.5. The Balaban J connectivity index is 1.89. The molecule has 1 aromatic heterocycles. The average Bonchev–Trinajstić information content (AvgIpc) is 2.94. The lowest BCUT2D eigenvalue weighted by molar-refractivity contribution is 0.386. The Morgan fingerprint density at radius 3 is 2.79 bits per heavy atom. The highest BCUT2D eigenvalue weighted by molar-refractivity contribution is 7.93. The first-order valence-electron chi connectivity index (χ1n) is 7.66. The largest absolute Gasteiger partial charge is 0.497 e. The standard InChI is InChI=1S/C16H20N2O4S2/c1-10-4-6-12-14(8-10)23-16(17-12)18-24(19,20)15-7-5-11(21-2)9-13(15)22-3/h5,7,9-10H,4,6,8H2,1-3H3,(H,17,18). The Hall–Kier alpha value is -1.80. The Morgan fingerprint density at radius 1 is 1.29 bits per heavy atom. The molecule has 1 atom stereocenters. The number of nitrogens with one attached hydrogen (secondary N) is 1. The first-order chi connectivity index (χ1) is 11.4. The Labute approximate surface area is 145 Å². The molecule has 1 aliphatic rings. The van der Waals surface area contributed by atoms with Gasteiger partial charge < -0.3 is 9.47 Å². The van der Waals surface area contributed by atoms with Crippen molar-refractivity contribution in [2.75, 3.05) is 18.9 Å². The Kier molecular flexibility index (Phi) is 4.69. The number of fused-ring (bicyclic) bond motifs is 1. The molecule has 0 aliphatic heterocycles. The molecule has 3 rings (SSSR count). The molecular formula is C16H20N2O4S2. The highest BCUT2D eigenvalue weighted by Gasteiger charge is 2.24. The van der Waals surface area contributed by atoms with Crippen LogP contribution in [-0.4, -0.2) is 27.6 Å². The monoisotopic (exact) mass is 368 g/mol. The molecule has 1 aliphatic carbocycles. The summed E-state index contributed by atoms with van der Waals surface area (Å²) in [7, 11) is -0.833. The van der Waals surface area contributed by atoms with E-state index < -0.39 is 10.0 Å². The third-order valence-electron chi connectivity index (χ3n) is 4.07. The van der Waals surface area contributed by atoms with Crippen LogP contribution in [-0.2, 0) is 22.9 Å². The first kappa shape index (κ1) is 17.0. The number of rotatable bonds is 5. The molecule has 8 heteroatoms. The molecule has 1 heterocycles. The van der Waals surface area contributed by atoms with Gasteiger partial charge in [-0.15, -0.1) is 11.3 Å². The number of hydrogen-bond donors (Lipinski definition) is 1. The minimum absolute atomic E-state index is 0.0624. The molecule has 0 saturated carbocycles. The number of methoxy groups -OCH3 is 2. The van der Waals surface area contributed by atoms with Crippen LogP contribution >= 0.6 is 11.3 Å². The molecule has 0 saturated heterocycles. The van der Waals surface area contributed by atoms with E-state index in [9.17, 15) is 8.42 Å². The van der Waals surface area contributed by atoms with E-state index in [0.29, 0.717) is 16.8 Å². The van der Waals surface area contributed by atoms with Gasteiger partial charge in [-0.05, 0) is 37.3 Å². The van der Waals surface area contributed by atoms with Crippen LogP contribution in [0.1, 0.15) is 23.9 Å². The second kappa shape index (κ2) is 6.60. The predicted molar refractivity (Wildman–Crippen MR) is 93.7 cm³/mol. The summed E-state index contributed by atoms with van der Waals surface area (Å²) in [6, 6.07) is 4.60. The molecule has 1 aromatic carbocycles. The summed E-state index contributed by atoms with van der Waals surface area (Å²) in [6.07, 6.45) is 2.95. The van der Waals surface area contributed by atoms with E-state index in [1.54, 1.807) is 12.1 Å². The van der Waals surface area contributed by atoms with E-state index in [2.05, 4.69) is 16.6 Å². The quantitative estimate of drug-likeness (QED) is 0.877. The van der Waals surface area contributed by atoms with E-state index in [4.69, 9.17) is 9.47 Å². The fourth-order valence-electron chi connectivity index (χ4n) is 2.75. The fourth-order valence-corrected chi connectivity index (χ4v) is 5.31. The van der Waals surface area contributed by atoms with Crippen LogP contribution in [0, 0.1) is 5.92 Å². The number of sulfonamides is 1. The van der Waals surface area contributed by atoms with Gasteiger partial charge in [-0.1, -0.05) is 6.92 Å². The Bertz CT molecular complexity index is 846. The van der Waals surface area contributed by atoms with Crippen molar-refractivity contribution in [3.63, 3.8) is 0 Å². The maximum atomic E-state index is 12.7. The van der Waals surface area contributed by atoms with Crippen LogP contribution in [0.2, 0.25) is 0 Å². The van der Waals surface area contributed by atoms with Crippen molar-refractivity contribution >= 4 is 26.5 Å². The molecule has 24 heavy (non-hydrogen) atoms. The zero-order chi connectivity index (χ0) is 17.3. The van der Waals surface area contributed by atoms with Crippen molar-refractivity contribution in [1.29, 1.82) is 0 Å². The summed E-state index contributed by atoms with van der Waals surface area (Å²) in [5, 5.41) is 0.409. The molecule has 130 valence electrons. The van der Waals surface area contributed by atoms with Crippen LogP contribution in [0.25, 0.3) is 0 Å². The van der Waals surface area contributed by atoms with Crippen LogP contribution in [0.3, 0.4) is 0 Å². The number of nitrogens with zero attached hydrogens (tertiary/aromatic N) is 1. The van der Waals surface area contributed by atoms with Gasteiger partial charge in [0.05, 0.1) is 19.9 Å². The van der Waals surface area contributed by atoms with Gasteiger partial charge in [0.1, 0.15) is 16.4 Å². The van der Waals surface area contributed by atoms with Gasteiger partial charge in [0.15, 0.2) is 5.13 Å². The summed E-state index contributed by atoms with van der Waals surface area (Å²) in [4.78, 5) is 5.68. The molecule has 0 amide bonds. The number of benzene rings is 1. The second-order valence-corrected chi connectivity index (χ2v) is 8.59. The molecule has 0 bridgehead atoms. The van der Waals surface area contributed by atoms with Gasteiger partial charge >= 0.3 is 0 Å². The molecule has 1 unspecified atom stereocenters. The maximum Gasteiger partial charge on any atom is 0.267 e. The maximum absolute atomic E-state index is 12.7. The minimum atomic E-state index is -3.78. The van der Waals surface area contributed by atoms with Crippen LogP contribution in [0.15, 0.2) is 23.1 Å². The summed E-state index contributed by atoms with van der Waals surface area (Å²) in [5.74, 6) is 1.38. The van der Waals surface area contributed by atoms with Gasteiger partial charge in [0.2, 0.25) is 0 Å². The molecule has 0 fully saturated rings. The topological polar surface area (TPSA) is 77.5 Å². The lowest BCUT2D eigenvalue weighted by Gasteiger charge is -2.15. The number of aromatic nitrogens is 1. The molecule has 1 N–H and O–H groups in total. The van der Waals surface area contributed by atoms with Gasteiger partial charge in [0, 0.05) is 10.9 Å². The lowest BCUT2D eigenvalue weighted by Crippen LogP contribution is -2.14. The van der Waals surface area contributed by atoms with Crippen molar-refractivity contribution in [2.45, 2.75) is 31.1 Å². The molecule has 0 radical (unpaired) electrons. The summed E-state index contributed by atoms with van der Waals surface area (Å²) in [6.45, 7) is 2.20. The smallest absolute Gasteiger partial charge is 0.267 e. The van der Waals surface area contributed by atoms with Gasteiger partial charge in [-0.3, -0.25) is 4.72 Å². The lowest BCUT2D eigenvalue weighted by atomic mass is 9.93. The highest BCUT2D eigenvalue weighted by atomic mass is 32.2. The summed E-state index contributed by atoms with van der Waals surface area (Å²) >= 11 is 1.41. The second-order valence-electron chi connectivity index (χ2n) is 5.86. The van der Waals surface area contributed by atoms with E-state index in [1.807, 2.05) is 0 Å². The Morgan fingerprint density at radius 2 is 2.08 bits per heavy atom. The predicted octanol–water partition coefficient (Wildman–Crippen LogP) is 3.09. The molecule has 6 nitrogen and oxygen atoms in total. The van der Waals surface area contributed by atoms with Crippen LogP contribution < -0.4 is 14.2 Å².